The summed E-state index contributed by atoms with van der Waals surface area (Å²) in [4.78, 5) is 3.90. The molecule has 0 radical (unpaired) electrons. The molecule has 0 unspecified atom stereocenters. The van der Waals surface area contributed by atoms with Crippen LogP contribution in [0.15, 0.2) is 24.5 Å². The van der Waals surface area contributed by atoms with Crippen LogP contribution in [-0.2, 0) is 16.4 Å². The number of nitrogens with zero attached hydrogens (tertiary/aromatic N) is 1. The molecule has 2 heterocycles. The summed E-state index contributed by atoms with van der Waals surface area (Å²) >= 11 is 0. The van der Waals surface area contributed by atoms with E-state index in [1.165, 1.54) is 0 Å². The molecule has 5 nitrogen and oxygen atoms in total. The number of aryl methyl sites for hydroxylation is 1. The van der Waals surface area contributed by atoms with Crippen molar-refractivity contribution < 1.29 is 8.42 Å². The summed E-state index contributed by atoms with van der Waals surface area (Å²) in [5, 5.41) is 3.13. The third-order valence-electron chi connectivity index (χ3n) is 2.82. The minimum atomic E-state index is -3.17. The van der Waals surface area contributed by atoms with Crippen LogP contribution in [-0.4, -0.2) is 38.3 Å². The number of hydrogen-bond acceptors (Lipinski definition) is 4. The topological polar surface area (TPSA) is 71.1 Å². The molecule has 0 amide bonds. The third kappa shape index (κ3) is 4.07. The van der Waals surface area contributed by atoms with Crippen molar-refractivity contribution in [2.45, 2.75) is 18.9 Å². The predicted molar refractivity (Wildman–Crippen MR) is 66.1 cm³/mol. The zero-order chi connectivity index (χ0) is 12.1. The summed E-state index contributed by atoms with van der Waals surface area (Å²) in [6.07, 6.45) is 4.75. The first kappa shape index (κ1) is 12.5. The molecule has 1 fully saturated rings. The zero-order valence-electron chi connectivity index (χ0n) is 9.59. The van der Waals surface area contributed by atoms with Gasteiger partial charge in [0.25, 0.3) is 0 Å². The first-order valence-electron chi connectivity index (χ1n) is 5.75. The Bertz CT molecular complexity index is 441. The SMILES string of the molecule is O=S(=O)(CCc1ccncc1)N[C@H]1CCNC1. The summed E-state index contributed by atoms with van der Waals surface area (Å²) in [5.74, 6) is 0.132. The van der Waals surface area contributed by atoms with Crippen molar-refractivity contribution in [1.82, 2.24) is 15.0 Å². The maximum absolute atomic E-state index is 11.8. The van der Waals surface area contributed by atoms with Gasteiger partial charge in [0.2, 0.25) is 10.0 Å². The van der Waals surface area contributed by atoms with Gasteiger partial charge >= 0.3 is 0 Å². The lowest BCUT2D eigenvalue weighted by atomic mass is 10.2. The normalized spacial score (nSPS) is 20.6. The number of hydrogen-bond donors (Lipinski definition) is 2. The van der Waals surface area contributed by atoms with Crippen LogP contribution in [0.5, 0.6) is 0 Å². The predicted octanol–water partition coefficient (Wildman–Crippen LogP) is -0.0946. The molecule has 0 aromatic carbocycles. The molecular weight excluding hydrogens is 238 g/mol. The molecule has 94 valence electrons. The van der Waals surface area contributed by atoms with Crippen LogP contribution in [0.4, 0.5) is 0 Å². The van der Waals surface area contributed by atoms with Crippen LogP contribution in [0.1, 0.15) is 12.0 Å². The van der Waals surface area contributed by atoms with Crippen LogP contribution in [0, 0.1) is 0 Å². The summed E-state index contributed by atoms with van der Waals surface area (Å²) in [6.45, 7) is 1.62. The molecular formula is C11H17N3O2S. The minimum Gasteiger partial charge on any atom is -0.315 e. The molecule has 2 N–H and O–H groups in total. The van der Waals surface area contributed by atoms with E-state index < -0.39 is 10.0 Å². The van der Waals surface area contributed by atoms with Gasteiger partial charge in [-0.05, 0) is 37.1 Å². The van der Waals surface area contributed by atoms with Crippen molar-refractivity contribution >= 4 is 10.0 Å². The fourth-order valence-electron chi connectivity index (χ4n) is 1.87. The van der Waals surface area contributed by atoms with E-state index in [0.29, 0.717) is 6.42 Å². The molecule has 1 aliphatic rings. The Kier molecular flexibility index (Phi) is 4.09. The highest BCUT2D eigenvalue weighted by atomic mass is 32.2. The monoisotopic (exact) mass is 255 g/mol. The highest BCUT2D eigenvalue weighted by Gasteiger charge is 2.20. The van der Waals surface area contributed by atoms with Gasteiger partial charge in [-0.15, -0.1) is 0 Å². The molecule has 2 rings (SSSR count). The second-order valence-electron chi connectivity index (χ2n) is 4.23. The molecule has 1 aromatic heterocycles. The van der Waals surface area contributed by atoms with Gasteiger partial charge in [0.05, 0.1) is 5.75 Å². The molecule has 0 spiro atoms. The minimum absolute atomic E-state index is 0.0532. The molecule has 0 saturated carbocycles. The van der Waals surface area contributed by atoms with Crippen molar-refractivity contribution in [3.05, 3.63) is 30.1 Å². The standard InChI is InChI=1S/C11H17N3O2S/c15-17(16,14-11-3-7-13-9-11)8-4-10-1-5-12-6-2-10/h1-2,5-6,11,13-14H,3-4,7-9H2/t11-/m0/s1. The lowest BCUT2D eigenvalue weighted by molar-refractivity contribution is 0.559. The van der Waals surface area contributed by atoms with Gasteiger partial charge in [-0.1, -0.05) is 0 Å². The average molecular weight is 255 g/mol. The molecule has 1 atom stereocenters. The molecule has 0 aliphatic carbocycles. The fraction of sp³-hybridized carbons (Fsp3) is 0.545. The van der Waals surface area contributed by atoms with Gasteiger partial charge in [0, 0.05) is 25.0 Å². The first-order chi connectivity index (χ1) is 8.16. The van der Waals surface area contributed by atoms with Gasteiger partial charge in [-0.3, -0.25) is 4.98 Å². The largest absolute Gasteiger partial charge is 0.315 e. The van der Waals surface area contributed by atoms with Crippen LogP contribution < -0.4 is 10.0 Å². The Labute approximate surface area is 102 Å². The van der Waals surface area contributed by atoms with E-state index in [0.717, 1.165) is 25.1 Å². The van der Waals surface area contributed by atoms with Crippen molar-refractivity contribution in [1.29, 1.82) is 0 Å². The molecule has 1 saturated heterocycles. The highest BCUT2D eigenvalue weighted by molar-refractivity contribution is 7.89. The second-order valence-corrected chi connectivity index (χ2v) is 6.11. The van der Waals surface area contributed by atoms with Crippen molar-refractivity contribution in [2.24, 2.45) is 0 Å². The van der Waals surface area contributed by atoms with Gasteiger partial charge < -0.3 is 5.32 Å². The number of rotatable bonds is 5. The fourth-order valence-corrected chi connectivity index (χ4v) is 3.20. The quantitative estimate of drug-likeness (QED) is 0.771. The summed E-state index contributed by atoms with van der Waals surface area (Å²) in [6, 6.07) is 3.73. The van der Waals surface area contributed by atoms with Gasteiger partial charge in [-0.2, -0.15) is 0 Å². The molecule has 17 heavy (non-hydrogen) atoms. The Morgan fingerprint density at radius 2 is 2.18 bits per heavy atom. The first-order valence-corrected chi connectivity index (χ1v) is 7.40. The van der Waals surface area contributed by atoms with Gasteiger partial charge in [-0.25, -0.2) is 13.1 Å². The van der Waals surface area contributed by atoms with Crippen molar-refractivity contribution in [2.75, 3.05) is 18.8 Å². The molecule has 1 aromatic rings. The Morgan fingerprint density at radius 3 is 2.82 bits per heavy atom. The Hall–Kier alpha value is -0.980. The van der Waals surface area contributed by atoms with E-state index in [4.69, 9.17) is 0 Å². The van der Waals surface area contributed by atoms with Crippen molar-refractivity contribution in [3.63, 3.8) is 0 Å². The molecule has 6 heteroatoms. The Balaban J connectivity index is 1.85. The van der Waals surface area contributed by atoms with Crippen molar-refractivity contribution in [3.8, 4) is 0 Å². The van der Waals surface area contributed by atoms with E-state index in [1.54, 1.807) is 12.4 Å². The second kappa shape index (κ2) is 5.57. The lowest BCUT2D eigenvalue weighted by Gasteiger charge is -2.11. The summed E-state index contributed by atoms with van der Waals surface area (Å²) in [5.41, 5.74) is 0.995. The van der Waals surface area contributed by atoms with Crippen LogP contribution in [0.3, 0.4) is 0 Å². The maximum Gasteiger partial charge on any atom is 0.212 e. The van der Waals surface area contributed by atoms with E-state index in [1.807, 2.05) is 12.1 Å². The Morgan fingerprint density at radius 1 is 1.41 bits per heavy atom. The van der Waals surface area contributed by atoms with Crippen LogP contribution in [0.25, 0.3) is 0 Å². The number of sulfonamides is 1. The van der Waals surface area contributed by atoms with Gasteiger partial charge in [0.1, 0.15) is 0 Å². The summed E-state index contributed by atoms with van der Waals surface area (Å²) < 4.78 is 26.3. The van der Waals surface area contributed by atoms with Gasteiger partial charge in [0.15, 0.2) is 0 Å². The van der Waals surface area contributed by atoms with E-state index in [9.17, 15) is 8.42 Å². The van der Waals surface area contributed by atoms with Crippen LogP contribution >= 0.6 is 0 Å². The third-order valence-corrected chi connectivity index (χ3v) is 4.25. The average Bonchev–Trinajstić information content (AvgIpc) is 2.80. The number of aromatic nitrogens is 1. The van der Waals surface area contributed by atoms with E-state index in [-0.39, 0.29) is 11.8 Å². The van der Waals surface area contributed by atoms with Crippen LogP contribution in [0.2, 0.25) is 0 Å². The highest BCUT2D eigenvalue weighted by Crippen LogP contribution is 2.03. The lowest BCUT2D eigenvalue weighted by Crippen LogP contribution is -2.38. The maximum atomic E-state index is 11.8. The number of pyridine rings is 1. The van der Waals surface area contributed by atoms with E-state index in [2.05, 4.69) is 15.0 Å². The number of nitrogens with one attached hydrogen (secondary N) is 2. The molecule has 0 bridgehead atoms. The van der Waals surface area contributed by atoms with E-state index >= 15 is 0 Å². The summed E-state index contributed by atoms with van der Waals surface area (Å²) in [7, 11) is -3.17. The smallest absolute Gasteiger partial charge is 0.212 e. The molecule has 1 aliphatic heterocycles. The zero-order valence-corrected chi connectivity index (χ0v) is 10.4.